The molecule has 4 heteroatoms. The van der Waals surface area contributed by atoms with Gasteiger partial charge in [0.1, 0.15) is 0 Å². The Morgan fingerprint density at radius 1 is 1.35 bits per heavy atom. The van der Waals surface area contributed by atoms with Crippen molar-refractivity contribution >= 4 is 17.7 Å². The van der Waals surface area contributed by atoms with Gasteiger partial charge in [-0.15, -0.1) is 11.8 Å². The van der Waals surface area contributed by atoms with E-state index in [1.807, 2.05) is 11.8 Å². The Labute approximate surface area is 124 Å². The van der Waals surface area contributed by atoms with Crippen LogP contribution in [0.15, 0.2) is 29.2 Å². The summed E-state index contributed by atoms with van der Waals surface area (Å²) in [5.41, 5.74) is 1.45. The quantitative estimate of drug-likeness (QED) is 0.895. The molecule has 2 N–H and O–H groups in total. The third-order valence-electron chi connectivity index (χ3n) is 4.48. The smallest absolute Gasteiger partial charge is 0.306 e. The summed E-state index contributed by atoms with van der Waals surface area (Å²) in [6, 6.07) is 9.01. The maximum Gasteiger partial charge on any atom is 0.306 e. The van der Waals surface area contributed by atoms with E-state index in [1.165, 1.54) is 10.5 Å². The monoisotopic (exact) mass is 291 g/mol. The summed E-state index contributed by atoms with van der Waals surface area (Å²) < 4.78 is 0. The van der Waals surface area contributed by atoms with Crippen LogP contribution in [0.25, 0.3) is 0 Å². The van der Waals surface area contributed by atoms with E-state index in [0.29, 0.717) is 12.0 Å². The third kappa shape index (κ3) is 3.01. The standard InChI is InChI=1S/C16H21NO2S/c18-16(19)11-4-3-5-13(8-11)17-9-12-10-20-15-7-2-1-6-14(12)15/h1-2,6-7,11-13,17H,3-5,8-10H2,(H,18,19). The average molecular weight is 291 g/mol. The van der Waals surface area contributed by atoms with Gasteiger partial charge in [-0.25, -0.2) is 0 Å². The fourth-order valence-corrected chi connectivity index (χ4v) is 4.56. The number of fused-ring (bicyclic) bond motifs is 1. The van der Waals surface area contributed by atoms with Crippen LogP contribution in [-0.4, -0.2) is 29.4 Å². The molecule has 0 amide bonds. The van der Waals surface area contributed by atoms with Crippen LogP contribution < -0.4 is 5.32 Å². The molecule has 1 aliphatic carbocycles. The van der Waals surface area contributed by atoms with Gasteiger partial charge in [0.05, 0.1) is 5.92 Å². The highest BCUT2D eigenvalue weighted by Gasteiger charge is 2.28. The van der Waals surface area contributed by atoms with Crippen molar-refractivity contribution in [2.24, 2.45) is 5.92 Å². The Hall–Kier alpha value is -1.00. The minimum atomic E-state index is -0.627. The molecule has 1 aliphatic heterocycles. The minimum absolute atomic E-state index is 0.147. The molecule has 1 saturated carbocycles. The molecule has 1 aromatic rings. The molecule has 3 unspecified atom stereocenters. The number of benzene rings is 1. The summed E-state index contributed by atoms with van der Waals surface area (Å²) in [7, 11) is 0. The van der Waals surface area contributed by atoms with E-state index in [4.69, 9.17) is 5.11 Å². The summed E-state index contributed by atoms with van der Waals surface area (Å²) in [5, 5.41) is 12.7. The molecule has 0 saturated heterocycles. The summed E-state index contributed by atoms with van der Waals surface area (Å²) in [5.74, 6) is 0.938. The third-order valence-corrected chi connectivity index (χ3v) is 5.73. The predicted molar refractivity (Wildman–Crippen MR) is 81.3 cm³/mol. The number of aliphatic carboxylic acids is 1. The van der Waals surface area contributed by atoms with E-state index in [2.05, 4.69) is 29.6 Å². The zero-order valence-corrected chi connectivity index (χ0v) is 12.4. The number of hydrogen-bond acceptors (Lipinski definition) is 3. The van der Waals surface area contributed by atoms with E-state index in [9.17, 15) is 4.79 Å². The fraction of sp³-hybridized carbons (Fsp3) is 0.562. The van der Waals surface area contributed by atoms with Gasteiger partial charge in [-0.2, -0.15) is 0 Å². The Morgan fingerprint density at radius 2 is 2.20 bits per heavy atom. The number of hydrogen-bond donors (Lipinski definition) is 2. The molecule has 3 rings (SSSR count). The van der Waals surface area contributed by atoms with Gasteiger partial charge in [-0.05, 0) is 30.9 Å². The van der Waals surface area contributed by atoms with E-state index < -0.39 is 5.97 Å². The first-order valence-electron chi connectivity index (χ1n) is 7.42. The largest absolute Gasteiger partial charge is 0.481 e. The van der Waals surface area contributed by atoms with Gasteiger partial charge in [0.2, 0.25) is 0 Å². The number of nitrogens with one attached hydrogen (secondary N) is 1. The van der Waals surface area contributed by atoms with Crippen LogP contribution in [-0.2, 0) is 4.79 Å². The number of carbonyl (C=O) groups is 1. The Balaban J connectivity index is 1.54. The van der Waals surface area contributed by atoms with Crippen molar-refractivity contribution in [3.8, 4) is 0 Å². The summed E-state index contributed by atoms with van der Waals surface area (Å²) in [6.07, 6.45) is 3.78. The van der Waals surface area contributed by atoms with Crippen molar-refractivity contribution in [2.45, 2.75) is 42.5 Å². The summed E-state index contributed by atoms with van der Waals surface area (Å²) >= 11 is 1.93. The van der Waals surface area contributed by atoms with Crippen LogP contribution >= 0.6 is 11.8 Å². The van der Waals surface area contributed by atoms with Gasteiger partial charge in [-0.3, -0.25) is 4.79 Å². The first kappa shape index (κ1) is 14.0. The van der Waals surface area contributed by atoms with Crippen LogP contribution in [0.4, 0.5) is 0 Å². The maximum atomic E-state index is 11.1. The molecule has 3 atom stereocenters. The molecule has 1 fully saturated rings. The van der Waals surface area contributed by atoms with Crippen molar-refractivity contribution < 1.29 is 9.90 Å². The molecule has 1 aromatic carbocycles. The van der Waals surface area contributed by atoms with Crippen molar-refractivity contribution in [3.63, 3.8) is 0 Å². The zero-order valence-electron chi connectivity index (χ0n) is 11.5. The van der Waals surface area contributed by atoms with Gasteiger partial charge in [-0.1, -0.05) is 24.6 Å². The Bertz CT molecular complexity index is 491. The topological polar surface area (TPSA) is 49.3 Å². The van der Waals surface area contributed by atoms with Gasteiger partial charge in [0, 0.05) is 29.2 Å². The average Bonchev–Trinajstić information content (AvgIpc) is 2.89. The van der Waals surface area contributed by atoms with E-state index in [-0.39, 0.29) is 5.92 Å². The van der Waals surface area contributed by atoms with Crippen molar-refractivity contribution in [2.75, 3.05) is 12.3 Å². The van der Waals surface area contributed by atoms with Crippen molar-refractivity contribution in [3.05, 3.63) is 29.8 Å². The van der Waals surface area contributed by atoms with Gasteiger partial charge < -0.3 is 10.4 Å². The second-order valence-electron chi connectivity index (χ2n) is 5.85. The first-order valence-corrected chi connectivity index (χ1v) is 8.40. The highest BCUT2D eigenvalue weighted by Crippen LogP contribution is 2.39. The molecule has 108 valence electrons. The molecule has 20 heavy (non-hydrogen) atoms. The number of carboxylic acid groups (broad SMARTS) is 1. The molecule has 2 aliphatic rings. The molecule has 1 heterocycles. The van der Waals surface area contributed by atoms with Crippen LogP contribution in [0, 0.1) is 5.92 Å². The lowest BCUT2D eigenvalue weighted by Gasteiger charge is -2.28. The zero-order chi connectivity index (χ0) is 13.9. The molecular formula is C16H21NO2S. The summed E-state index contributed by atoms with van der Waals surface area (Å²) in [6.45, 7) is 0.973. The van der Waals surface area contributed by atoms with Crippen molar-refractivity contribution in [1.29, 1.82) is 0 Å². The lowest BCUT2D eigenvalue weighted by molar-refractivity contribution is -0.143. The minimum Gasteiger partial charge on any atom is -0.481 e. The molecule has 0 aromatic heterocycles. The molecule has 3 nitrogen and oxygen atoms in total. The molecule has 0 spiro atoms. The van der Waals surface area contributed by atoms with Gasteiger partial charge >= 0.3 is 5.97 Å². The lowest BCUT2D eigenvalue weighted by atomic mass is 9.85. The highest BCUT2D eigenvalue weighted by atomic mass is 32.2. The SMILES string of the molecule is O=C(O)C1CCCC(NCC2CSc3ccccc32)C1. The van der Waals surface area contributed by atoms with Crippen molar-refractivity contribution in [1.82, 2.24) is 5.32 Å². The van der Waals surface area contributed by atoms with Crippen LogP contribution in [0.3, 0.4) is 0 Å². The predicted octanol–water partition coefficient (Wildman–Crippen LogP) is 3.11. The number of rotatable bonds is 4. The normalized spacial score (nSPS) is 29.1. The maximum absolute atomic E-state index is 11.1. The van der Waals surface area contributed by atoms with Gasteiger partial charge in [0.25, 0.3) is 0 Å². The Kier molecular flexibility index (Phi) is 4.32. The molecule has 0 bridgehead atoms. The first-order chi connectivity index (χ1) is 9.74. The Morgan fingerprint density at radius 3 is 3.05 bits per heavy atom. The van der Waals surface area contributed by atoms with Crippen LogP contribution in [0.5, 0.6) is 0 Å². The van der Waals surface area contributed by atoms with E-state index in [0.717, 1.165) is 38.0 Å². The lowest BCUT2D eigenvalue weighted by Crippen LogP contribution is -2.38. The second kappa shape index (κ2) is 6.19. The van der Waals surface area contributed by atoms with Crippen LogP contribution in [0.1, 0.15) is 37.2 Å². The fourth-order valence-electron chi connectivity index (χ4n) is 3.31. The number of carboxylic acids is 1. The van der Waals surface area contributed by atoms with Gasteiger partial charge in [0.15, 0.2) is 0 Å². The summed E-state index contributed by atoms with van der Waals surface area (Å²) in [4.78, 5) is 12.5. The highest BCUT2D eigenvalue weighted by molar-refractivity contribution is 7.99. The second-order valence-corrected chi connectivity index (χ2v) is 6.91. The molecule has 0 radical (unpaired) electrons. The van der Waals surface area contributed by atoms with E-state index in [1.54, 1.807) is 0 Å². The van der Waals surface area contributed by atoms with E-state index >= 15 is 0 Å². The molecular weight excluding hydrogens is 270 g/mol. The van der Waals surface area contributed by atoms with Crippen LogP contribution in [0.2, 0.25) is 0 Å². The number of thioether (sulfide) groups is 1.